The lowest BCUT2D eigenvalue weighted by molar-refractivity contribution is 0.0222. The van der Waals surface area contributed by atoms with E-state index in [9.17, 15) is 5.11 Å². The number of pyridine rings is 1. The molecule has 1 saturated carbocycles. The summed E-state index contributed by atoms with van der Waals surface area (Å²) in [4.78, 5) is 3.93. The Morgan fingerprint density at radius 2 is 2.36 bits per heavy atom. The topological polar surface area (TPSA) is 59.1 Å². The summed E-state index contributed by atoms with van der Waals surface area (Å²) in [6.07, 6.45) is 4.51. The van der Waals surface area contributed by atoms with E-state index in [0.29, 0.717) is 24.4 Å². The van der Waals surface area contributed by atoms with Crippen molar-refractivity contribution in [3.63, 3.8) is 0 Å². The molecular formula is C10H13ClN2O. The minimum atomic E-state index is -0.234. The van der Waals surface area contributed by atoms with Gasteiger partial charge in [0.1, 0.15) is 0 Å². The summed E-state index contributed by atoms with van der Waals surface area (Å²) in [5.41, 5.74) is 6.63. The summed E-state index contributed by atoms with van der Waals surface area (Å²) >= 11 is 6.05. The zero-order valence-corrected chi connectivity index (χ0v) is 8.54. The van der Waals surface area contributed by atoms with Gasteiger partial charge >= 0.3 is 0 Å². The summed E-state index contributed by atoms with van der Waals surface area (Å²) in [7, 11) is 0. The first kappa shape index (κ1) is 9.90. The average Bonchev–Trinajstić information content (AvgIpc) is 2.14. The fraction of sp³-hybridized carbons (Fsp3) is 0.500. The first-order valence-electron chi connectivity index (χ1n) is 4.66. The molecule has 1 aromatic rings. The van der Waals surface area contributed by atoms with Crippen molar-refractivity contribution in [3.8, 4) is 0 Å². The highest BCUT2D eigenvalue weighted by Gasteiger charge is 2.44. The molecule has 0 unspecified atom stereocenters. The maximum atomic E-state index is 9.35. The Morgan fingerprint density at radius 1 is 1.64 bits per heavy atom. The average molecular weight is 213 g/mol. The third-order valence-electron chi connectivity index (χ3n) is 2.99. The lowest BCUT2D eigenvalue weighted by Gasteiger charge is -2.45. The molecule has 76 valence electrons. The third-order valence-corrected chi connectivity index (χ3v) is 3.29. The standard InChI is InChI=1S/C10H13ClN2O/c11-9-5-13-2-1-8(9)10(6-12)3-7(14)4-10/h1-2,5,7,14H,3-4,6,12H2. The highest BCUT2D eigenvalue weighted by atomic mass is 35.5. The fourth-order valence-corrected chi connectivity index (χ4v) is 2.46. The molecule has 0 radical (unpaired) electrons. The molecule has 1 aromatic heterocycles. The van der Waals surface area contributed by atoms with Crippen LogP contribution >= 0.6 is 11.6 Å². The molecule has 1 aliphatic rings. The van der Waals surface area contributed by atoms with E-state index in [1.807, 2.05) is 6.07 Å². The molecule has 1 fully saturated rings. The first-order chi connectivity index (χ1) is 6.68. The van der Waals surface area contributed by atoms with Gasteiger partial charge in [-0.25, -0.2) is 0 Å². The van der Waals surface area contributed by atoms with Crippen LogP contribution in [0.4, 0.5) is 0 Å². The summed E-state index contributed by atoms with van der Waals surface area (Å²) in [6, 6.07) is 1.89. The van der Waals surface area contributed by atoms with Gasteiger partial charge in [0.2, 0.25) is 0 Å². The number of aromatic nitrogens is 1. The predicted molar refractivity (Wildman–Crippen MR) is 55.2 cm³/mol. The molecule has 0 spiro atoms. The molecular weight excluding hydrogens is 200 g/mol. The van der Waals surface area contributed by atoms with Crippen LogP contribution < -0.4 is 5.73 Å². The van der Waals surface area contributed by atoms with Gasteiger partial charge in [-0.1, -0.05) is 11.6 Å². The maximum absolute atomic E-state index is 9.35. The monoisotopic (exact) mass is 212 g/mol. The highest BCUT2D eigenvalue weighted by molar-refractivity contribution is 6.31. The molecule has 1 heterocycles. The molecule has 14 heavy (non-hydrogen) atoms. The predicted octanol–water partition coefficient (Wildman–Crippen LogP) is 1.09. The van der Waals surface area contributed by atoms with Crippen molar-refractivity contribution >= 4 is 11.6 Å². The van der Waals surface area contributed by atoms with Crippen LogP contribution in [0, 0.1) is 0 Å². The first-order valence-corrected chi connectivity index (χ1v) is 5.04. The Labute approximate surface area is 87.9 Å². The van der Waals surface area contributed by atoms with Crippen LogP contribution in [0.5, 0.6) is 0 Å². The number of aliphatic hydroxyl groups excluding tert-OH is 1. The molecule has 3 N–H and O–H groups in total. The van der Waals surface area contributed by atoms with Crippen molar-refractivity contribution in [2.45, 2.75) is 24.4 Å². The SMILES string of the molecule is NCC1(c2ccncc2Cl)CC(O)C1. The summed E-state index contributed by atoms with van der Waals surface area (Å²) in [6.45, 7) is 0.522. The highest BCUT2D eigenvalue weighted by Crippen LogP contribution is 2.45. The van der Waals surface area contributed by atoms with Crippen molar-refractivity contribution in [2.75, 3.05) is 6.54 Å². The van der Waals surface area contributed by atoms with Crippen LogP contribution in [-0.4, -0.2) is 22.7 Å². The largest absolute Gasteiger partial charge is 0.393 e. The van der Waals surface area contributed by atoms with Gasteiger partial charge in [-0.2, -0.15) is 0 Å². The molecule has 0 aliphatic heterocycles. The Bertz CT molecular complexity index is 337. The normalized spacial score (nSPS) is 31.2. The van der Waals surface area contributed by atoms with E-state index in [1.54, 1.807) is 12.4 Å². The molecule has 2 rings (SSSR count). The molecule has 4 heteroatoms. The molecule has 0 bridgehead atoms. The Morgan fingerprint density at radius 3 is 2.86 bits per heavy atom. The van der Waals surface area contributed by atoms with Crippen LogP contribution in [0.3, 0.4) is 0 Å². The summed E-state index contributed by atoms with van der Waals surface area (Å²) < 4.78 is 0. The number of nitrogens with two attached hydrogens (primary N) is 1. The van der Waals surface area contributed by atoms with Crippen LogP contribution in [0.2, 0.25) is 5.02 Å². The Balaban J connectivity index is 2.34. The van der Waals surface area contributed by atoms with Crippen molar-refractivity contribution in [2.24, 2.45) is 5.73 Å². The van der Waals surface area contributed by atoms with Gasteiger partial charge in [0.15, 0.2) is 0 Å². The molecule has 0 aromatic carbocycles. The van der Waals surface area contributed by atoms with Crippen LogP contribution in [0.1, 0.15) is 18.4 Å². The van der Waals surface area contributed by atoms with E-state index < -0.39 is 0 Å². The minimum absolute atomic E-state index is 0.126. The number of aliphatic hydroxyl groups is 1. The molecule has 1 aliphatic carbocycles. The van der Waals surface area contributed by atoms with Gasteiger partial charge in [-0.3, -0.25) is 4.98 Å². The zero-order valence-electron chi connectivity index (χ0n) is 7.78. The van der Waals surface area contributed by atoms with Crippen molar-refractivity contribution in [1.82, 2.24) is 4.98 Å². The minimum Gasteiger partial charge on any atom is -0.393 e. The Kier molecular flexibility index (Phi) is 2.47. The zero-order chi connectivity index (χ0) is 10.2. The summed E-state index contributed by atoms with van der Waals surface area (Å²) in [5.74, 6) is 0. The van der Waals surface area contributed by atoms with Gasteiger partial charge in [-0.15, -0.1) is 0 Å². The number of rotatable bonds is 2. The van der Waals surface area contributed by atoms with Gasteiger partial charge in [-0.05, 0) is 24.5 Å². The maximum Gasteiger partial charge on any atom is 0.0627 e. The van der Waals surface area contributed by atoms with Crippen molar-refractivity contribution in [3.05, 3.63) is 29.0 Å². The quantitative estimate of drug-likeness (QED) is 0.772. The number of nitrogens with zero attached hydrogens (tertiary/aromatic N) is 1. The Hall–Kier alpha value is -0.640. The molecule has 0 atom stereocenters. The fourth-order valence-electron chi connectivity index (χ4n) is 2.14. The van der Waals surface area contributed by atoms with E-state index in [4.69, 9.17) is 17.3 Å². The second-order valence-corrected chi connectivity index (χ2v) is 4.31. The number of hydrogen-bond acceptors (Lipinski definition) is 3. The third kappa shape index (κ3) is 1.41. The van der Waals surface area contributed by atoms with Crippen LogP contribution in [0.15, 0.2) is 18.5 Å². The van der Waals surface area contributed by atoms with E-state index in [2.05, 4.69) is 4.98 Å². The summed E-state index contributed by atoms with van der Waals surface area (Å²) in [5, 5.41) is 10.00. The second-order valence-electron chi connectivity index (χ2n) is 3.90. The smallest absolute Gasteiger partial charge is 0.0627 e. The van der Waals surface area contributed by atoms with Crippen LogP contribution in [0.25, 0.3) is 0 Å². The number of hydrogen-bond donors (Lipinski definition) is 2. The molecule has 3 nitrogen and oxygen atoms in total. The van der Waals surface area contributed by atoms with E-state index in [0.717, 1.165) is 5.56 Å². The van der Waals surface area contributed by atoms with E-state index in [-0.39, 0.29) is 11.5 Å². The lowest BCUT2D eigenvalue weighted by Crippen LogP contribution is -2.50. The van der Waals surface area contributed by atoms with E-state index >= 15 is 0 Å². The van der Waals surface area contributed by atoms with E-state index in [1.165, 1.54) is 0 Å². The molecule has 0 amide bonds. The van der Waals surface area contributed by atoms with Gasteiger partial charge in [0, 0.05) is 24.4 Å². The van der Waals surface area contributed by atoms with Crippen molar-refractivity contribution in [1.29, 1.82) is 0 Å². The van der Waals surface area contributed by atoms with Crippen molar-refractivity contribution < 1.29 is 5.11 Å². The number of halogens is 1. The second kappa shape index (κ2) is 3.50. The molecule has 0 saturated heterocycles. The van der Waals surface area contributed by atoms with Gasteiger partial charge < -0.3 is 10.8 Å². The van der Waals surface area contributed by atoms with Gasteiger partial charge in [0.25, 0.3) is 0 Å². The van der Waals surface area contributed by atoms with Gasteiger partial charge in [0.05, 0.1) is 11.1 Å². The van der Waals surface area contributed by atoms with Crippen LogP contribution in [-0.2, 0) is 5.41 Å². The lowest BCUT2D eigenvalue weighted by atomic mass is 9.63.